The lowest BCUT2D eigenvalue weighted by Crippen LogP contribution is -2.41. The van der Waals surface area contributed by atoms with Crippen molar-refractivity contribution >= 4 is 16.0 Å². The highest BCUT2D eigenvalue weighted by molar-refractivity contribution is 7.89. The van der Waals surface area contributed by atoms with Crippen LogP contribution in [0.25, 0.3) is 11.3 Å². The maximum Gasteiger partial charge on any atom is 0.371 e. The Bertz CT molecular complexity index is 838. The number of carbonyl (C=O) groups is 1. The zero-order valence-corrected chi connectivity index (χ0v) is 14.1. The summed E-state index contributed by atoms with van der Waals surface area (Å²) in [5, 5.41) is 8.89. The lowest BCUT2D eigenvalue weighted by atomic mass is 10.1. The average molecular weight is 349 g/mol. The number of sulfonamides is 1. The first-order valence-corrected chi connectivity index (χ1v) is 9.29. The van der Waals surface area contributed by atoms with Gasteiger partial charge in [-0.2, -0.15) is 4.31 Å². The van der Waals surface area contributed by atoms with Crippen molar-refractivity contribution < 1.29 is 22.7 Å². The van der Waals surface area contributed by atoms with Gasteiger partial charge >= 0.3 is 5.97 Å². The molecule has 1 saturated heterocycles. The van der Waals surface area contributed by atoms with E-state index in [0.29, 0.717) is 17.9 Å². The van der Waals surface area contributed by atoms with Gasteiger partial charge < -0.3 is 9.52 Å². The van der Waals surface area contributed by atoms with Gasteiger partial charge in [-0.25, -0.2) is 13.2 Å². The molecule has 0 saturated carbocycles. The SMILES string of the molecule is C[C@H]1CCCCN1S(=O)(=O)c1ccc(-c2ccc(C(=O)O)o2)cc1. The van der Waals surface area contributed by atoms with E-state index in [1.54, 1.807) is 22.5 Å². The van der Waals surface area contributed by atoms with Crippen molar-refractivity contribution in [1.29, 1.82) is 0 Å². The van der Waals surface area contributed by atoms with E-state index < -0.39 is 16.0 Å². The third-order valence-electron chi connectivity index (χ3n) is 4.30. The Morgan fingerprint density at radius 2 is 1.88 bits per heavy atom. The highest BCUT2D eigenvalue weighted by Gasteiger charge is 2.30. The van der Waals surface area contributed by atoms with E-state index in [-0.39, 0.29) is 16.7 Å². The van der Waals surface area contributed by atoms with Gasteiger partial charge in [-0.3, -0.25) is 0 Å². The molecule has 0 radical (unpaired) electrons. The number of carboxylic acid groups (broad SMARTS) is 1. The molecule has 128 valence electrons. The Balaban J connectivity index is 1.86. The van der Waals surface area contributed by atoms with E-state index in [1.807, 2.05) is 6.92 Å². The van der Waals surface area contributed by atoms with Crippen LogP contribution in [0, 0.1) is 0 Å². The number of hydrogen-bond acceptors (Lipinski definition) is 4. The number of carboxylic acids is 1. The second-order valence-corrected chi connectivity index (χ2v) is 7.84. The number of benzene rings is 1. The van der Waals surface area contributed by atoms with Gasteiger partial charge in [0.1, 0.15) is 5.76 Å². The molecule has 1 aromatic carbocycles. The first-order chi connectivity index (χ1) is 11.4. The van der Waals surface area contributed by atoms with E-state index in [9.17, 15) is 13.2 Å². The summed E-state index contributed by atoms with van der Waals surface area (Å²) in [5.74, 6) is -0.897. The van der Waals surface area contributed by atoms with Gasteiger partial charge in [0.15, 0.2) is 0 Å². The first-order valence-electron chi connectivity index (χ1n) is 7.85. The second-order valence-electron chi connectivity index (χ2n) is 5.95. The fraction of sp³-hybridized carbons (Fsp3) is 0.353. The van der Waals surface area contributed by atoms with Gasteiger partial charge in [-0.1, -0.05) is 6.42 Å². The standard InChI is InChI=1S/C17H19NO5S/c1-12-4-2-3-11-18(12)24(21,22)14-7-5-13(6-8-14)15-9-10-16(23-15)17(19)20/h5-10,12H,2-4,11H2,1H3,(H,19,20)/t12-/m0/s1. The molecule has 1 aliphatic rings. The zero-order chi connectivity index (χ0) is 17.3. The molecule has 24 heavy (non-hydrogen) atoms. The molecule has 2 aromatic rings. The summed E-state index contributed by atoms with van der Waals surface area (Å²) in [4.78, 5) is 11.1. The number of rotatable bonds is 4. The van der Waals surface area contributed by atoms with E-state index in [4.69, 9.17) is 9.52 Å². The summed E-state index contributed by atoms with van der Waals surface area (Å²) < 4.78 is 32.3. The number of aromatic carboxylic acids is 1. The van der Waals surface area contributed by atoms with Crippen molar-refractivity contribution in [3.05, 3.63) is 42.2 Å². The maximum atomic E-state index is 12.8. The van der Waals surface area contributed by atoms with Gasteiger partial charge in [0.25, 0.3) is 0 Å². The van der Waals surface area contributed by atoms with Gasteiger partial charge in [0.2, 0.25) is 15.8 Å². The highest BCUT2D eigenvalue weighted by atomic mass is 32.2. The van der Waals surface area contributed by atoms with Gasteiger partial charge in [0.05, 0.1) is 4.90 Å². The van der Waals surface area contributed by atoms with E-state index in [1.165, 1.54) is 18.2 Å². The molecule has 2 heterocycles. The molecular weight excluding hydrogens is 330 g/mol. The van der Waals surface area contributed by atoms with Crippen LogP contribution >= 0.6 is 0 Å². The third kappa shape index (κ3) is 3.09. The van der Waals surface area contributed by atoms with Crippen LogP contribution in [0.15, 0.2) is 45.7 Å². The van der Waals surface area contributed by atoms with Crippen molar-refractivity contribution in [2.45, 2.75) is 37.1 Å². The summed E-state index contributed by atoms with van der Waals surface area (Å²) in [6.45, 7) is 2.48. The molecule has 6 nitrogen and oxygen atoms in total. The number of nitrogens with zero attached hydrogens (tertiary/aromatic N) is 1. The molecule has 1 aromatic heterocycles. The third-order valence-corrected chi connectivity index (χ3v) is 6.33. The molecule has 0 amide bonds. The van der Waals surface area contributed by atoms with Crippen molar-refractivity contribution in [2.24, 2.45) is 0 Å². The van der Waals surface area contributed by atoms with Crippen LogP contribution in [0.1, 0.15) is 36.7 Å². The normalized spacial score (nSPS) is 19.3. The summed E-state index contributed by atoms with van der Waals surface area (Å²) in [6, 6.07) is 9.27. The van der Waals surface area contributed by atoms with Crippen molar-refractivity contribution in [1.82, 2.24) is 4.31 Å². The topological polar surface area (TPSA) is 87.8 Å². The lowest BCUT2D eigenvalue weighted by molar-refractivity contribution is 0.0663. The molecule has 0 bridgehead atoms. The quantitative estimate of drug-likeness (QED) is 0.916. The zero-order valence-electron chi connectivity index (χ0n) is 13.3. The fourth-order valence-electron chi connectivity index (χ4n) is 2.96. The minimum atomic E-state index is -3.51. The van der Waals surface area contributed by atoms with Crippen molar-refractivity contribution in [3.8, 4) is 11.3 Å². The molecule has 1 N–H and O–H groups in total. The first kappa shape index (κ1) is 16.7. The van der Waals surface area contributed by atoms with E-state index in [0.717, 1.165) is 19.3 Å². The van der Waals surface area contributed by atoms with Crippen LogP contribution in [0.2, 0.25) is 0 Å². The second kappa shape index (κ2) is 6.41. The predicted octanol–water partition coefficient (Wildman–Crippen LogP) is 3.21. The monoisotopic (exact) mass is 349 g/mol. The maximum absolute atomic E-state index is 12.8. The molecule has 0 spiro atoms. The Hall–Kier alpha value is -2.12. The molecule has 7 heteroatoms. The minimum Gasteiger partial charge on any atom is -0.475 e. The van der Waals surface area contributed by atoms with E-state index >= 15 is 0 Å². The number of piperidine rings is 1. The summed E-state index contributed by atoms with van der Waals surface area (Å²) in [7, 11) is -3.51. The number of furan rings is 1. The summed E-state index contributed by atoms with van der Waals surface area (Å²) in [5.41, 5.74) is 0.633. The minimum absolute atomic E-state index is 0.00613. The average Bonchev–Trinajstić information content (AvgIpc) is 3.05. The Morgan fingerprint density at radius 1 is 1.17 bits per heavy atom. The molecule has 0 aliphatic carbocycles. The predicted molar refractivity (Wildman–Crippen MR) is 88.3 cm³/mol. The number of hydrogen-bond donors (Lipinski definition) is 1. The lowest BCUT2D eigenvalue weighted by Gasteiger charge is -2.32. The fourth-order valence-corrected chi connectivity index (χ4v) is 4.66. The molecule has 3 rings (SSSR count). The van der Waals surface area contributed by atoms with Gasteiger partial charge in [-0.05, 0) is 56.2 Å². The highest BCUT2D eigenvalue weighted by Crippen LogP contribution is 2.28. The molecular formula is C17H19NO5S. The van der Waals surface area contributed by atoms with Crippen LogP contribution in [0.3, 0.4) is 0 Å². The van der Waals surface area contributed by atoms with Gasteiger partial charge in [-0.15, -0.1) is 0 Å². The molecule has 0 unspecified atom stereocenters. The van der Waals surface area contributed by atoms with Crippen LogP contribution in [0.5, 0.6) is 0 Å². The smallest absolute Gasteiger partial charge is 0.371 e. The Kier molecular flexibility index (Phi) is 4.47. The van der Waals surface area contributed by atoms with E-state index in [2.05, 4.69) is 0 Å². The van der Waals surface area contributed by atoms with Crippen LogP contribution in [-0.2, 0) is 10.0 Å². The van der Waals surface area contributed by atoms with Crippen LogP contribution in [-0.4, -0.2) is 36.4 Å². The van der Waals surface area contributed by atoms with Gasteiger partial charge in [0, 0.05) is 18.2 Å². The van der Waals surface area contributed by atoms with Crippen molar-refractivity contribution in [2.75, 3.05) is 6.54 Å². The molecule has 1 fully saturated rings. The molecule has 1 aliphatic heterocycles. The Labute approximate surface area is 140 Å². The Morgan fingerprint density at radius 3 is 2.46 bits per heavy atom. The summed E-state index contributed by atoms with van der Waals surface area (Å²) in [6.07, 6.45) is 2.81. The summed E-state index contributed by atoms with van der Waals surface area (Å²) >= 11 is 0. The molecule has 1 atom stereocenters. The largest absolute Gasteiger partial charge is 0.475 e. The van der Waals surface area contributed by atoms with Crippen molar-refractivity contribution in [3.63, 3.8) is 0 Å². The van der Waals surface area contributed by atoms with Crippen LogP contribution in [0.4, 0.5) is 0 Å². The van der Waals surface area contributed by atoms with Crippen LogP contribution < -0.4 is 0 Å².